The number of aliphatic hydroxyl groups is 1. The van der Waals surface area contributed by atoms with Crippen molar-refractivity contribution in [3.8, 4) is 0 Å². The van der Waals surface area contributed by atoms with Gasteiger partial charge in [0.2, 0.25) is 9.84 Å². The minimum absolute atomic E-state index is 0.00724. The molecule has 4 rings (SSSR count). The molecule has 1 heterocycles. The lowest BCUT2D eigenvalue weighted by Gasteiger charge is -2.44. The molecule has 9 heteroatoms. The predicted octanol–water partition coefficient (Wildman–Crippen LogP) is 4.80. The molecule has 1 N–H and O–H groups in total. The summed E-state index contributed by atoms with van der Waals surface area (Å²) < 4.78 is 57.3. The highest BCUT2D eigenvalue weighted by Gasteiger charge is 2.49. The normalized spacial score (nSPS) is 23.2. The van der Waals surface area contributed by atoms with Crippen molar-refractivity contribution >= 4 is 9.84 Å². The summed E-state index contributed by atoms with van der Waals surface area (Å²) in [5.74, 6) is 0. The highest BCUT2D eigenvalue weighted by atomic mass is 32.2. The van der Waals surface area contributed by atoms with E-state index < -0.39 is 47.2 Å². The van der Waals surface area contributed by atoms with E-state index in [4.69, 9.17) is 23.7 Å². The molecule has 0 spiro atoms. The summed E-state index contributed by atoms with van der Waals surface area (Å²) in [4.78, 5) is 0.142. The fourth-order valence-corrected chi connectivity index (χ4v) is 5.89. The van der Waals surface area contributed by atoms with Crippen molar-refractivity contribution in [3.63, 3.8) is 0 Å². The third-order valence-electron chi connectivity index (χ3n) is 6.67. The molecule has 0 radical (unpaired) electrons. The van der Waals surface area contributed by atoms with E-state index in [0.717, 1.165) is 11.1 Å². The van der Waals surface area contributed by atoms with E-state index in [0.29, 0.717) is 0 Å². The number of hydrogen-bond donors (Lipinski definition) is 1. The monoisotopic (exact) mass is 580 g/mol. The minimum atomic E-state index is -3.87. The van der Waals surface area contributed by atoms with Gasteiger partial charge < -0.3 is 28.8 Å². The van der Waals surface area contributed by atoms with Crippen LogP contribution >= 0.6 is 0 Å². The zero-order valence-electron chi connectivity index (χ0n) is 23.0. The van der Waals surface area contributed by atoms with Gasteiger partial charge in [0, 0.05) is 13.5 Å². The van der Waals surface area contributed by atoms with Gasteiger partial charge in [0.1, 0.15) is 18.3 Å². The van der Waals surface area contributed by atoms with E-state index in [1.807, 2.05) is 60.7 Å². The zero-order chi connectivity index (χ0) is 29.1. The molecular formula is C32H36O8S. The Morgan fingerprint density at radius 3 is 1.90 bits per heavy atom. The summed E-state index contributed by atoms with van der Waals surface area (Å²) in [6, 6.07) is 27.3. The Hall–Kier alpha value is -3.31. The topological polar surface area (TPSA) is 101 Å². The first-order valence-electron chi connectivity index (χ1n) is 13.3. The number of methoxy groups -OCH3 is 1. The Balaban J connectivity index is 1.67. The maximum atomic E-state index is 13.4. The Kier molecular flexibility index (Phi) is 11.3. The van der Waals surface area contributed by atoms with Gasteiger partial charge in [-0.25, -0.2) is 8.42 Å². The van der Waals surface area contributed by atoms with Gasteiger partial charge in [-0.2, -0.15) is 0 Å². The number of hydrogen-bond acceptors (Lipinski definition) is 8. The molecule has 1 aliphatic rings. The molecule has 1 fully saturated rings. The Labute approximate surface area is 241 Å². The van der Waals surface area contributed by atoms with Crippen molar-refractivity contribution in [1.29, 1.82) is 0 Å². The number of rotatable bonds is 14. The molecule has 3 aromatic rings. The Bertz CT molecular complexity index is 1350. The van der Waals surface area contributed by atoms with Gasteiger partial charge in [-0.05, 0) is 23.3 Å². The SMILES string of the molecule is C=CC/C(=C\O[C@H]1[C@H](OCc2ccccc2)[C@@H](OCc2ccccc2)[C@@H](OC)O[C@@H]1CO)S(=O)(=O)c1ccccc1. The second-order valence-corrected chi connectivity index (χ2v) is 11.5. The van der Waals surface area contributed by atoms with E-state index >= 15 is 0 Å². The Morgan fingerprint density at radius 1 is 0.854 bits per heavy atom. The molecule has 0 aromatic heterocycles. The van der Waals surface area contributed by atoms with Crippen LogP contribution in [0.2, 0.25) is 0 Å². The maximum absolute atomic E-state index is 13.4. The van der Waals surface area contributed by atoms with Gasteiger partial charge in [0.25, 0.3) is 0 Å². The van der Waals surface area contributed by atoms with E-state index in [9.17, 15) is 13.5 Å². The molecule has 8 nitrogen and oxygen atoms in total. The summed E-state index contributed by atoms with van der Waals surface area (Å²) in [7, 11) is -2.38. The van der Waals surface area contributed by atoms with Gasteiger partial charge >= 0.3 is 0 Å². The largest absolute Gasteiger partial charge is 0.491 e. The molecule has 0 saturated carbocycles. The average Bonchev–Trinajstić information content (AvgIpc) is 3.02. The number of allylic oxidation sites excluding steroid dienone is 2. The average molecular weight is 581 g/mol. The van der Waals surface area contributed by atoms with E-state index in [1.165, 1.54) is 31.6 Å². The van der Waals surface area contributed by atoms with Gasteiger partial charge in [0.05, 0.1) is 35.9 Å². The van der Waals surface area contributed by atoms with Crippen molar-refractivity contribution in [2.45, 2.75) is 55.2 Å². The number of benzene rings is 3. The lowest BCUT2D eigenvalue weighted by molar-refractivity contribution is -0.314. The molecular weight excluding hydrogens is 544 g/mol. The van der Waals surface area contributed by atoms with Crippen LogP contribution in [0.25, 0.3) is 0 Å². The van der Waals surface area contributed by atoms with Crippen molar-refractivity contribution < 1.29 is 37.2 Å². The first-order valence-corrected chi connectivity index (χ1v) is 14.8. The van der Waals surface area contributed by atoms with Crippen LogP contribution in [0.1, 0.15) is 17.5 Å². The van der Waals surface area contributed by atoms with Gasteiger partial charge in [-0.15, -0.1) is 6.58 Å². The summed E-state index contributed by atoms with van der Waals surface area (Å²) >= 11 is 0. The maximum Gasteiger partial charge on any atom is 0.206 e. The summed E-state index contributed by atoms with van der Waals surface area (Å²) in [6.45, 7) is 3.76. The first-order chi connectivity index (χ1) is 20.0. The third-order valence-corrected chi connectivity index (χ3v) is 8.52. The van der Waals surface area contributed by atoms with Crippen LogP contribution in [0.15, 0.2) is 120 Å². The number of sulfone groups is 1. The molecule has 3 aromatic carbocycles. The van der Waals surface area contributed by atoms with Crippen LogP contribution in [0.4, 0.5) is 0 Å². The van der Waals surface area contributed by atoms with E-state index in [2.05, 4.69) is 6.58 Å². The second-order valence-electron chi connectivity index (χ2n) is 9.48. The van der Waals surface area contributed by atoms with Crippen LogP contribution < -0.4 is 0 Å². The van der Waals surface area contributed by atoms with Gasteiger partial charge in [0.15, 0.2) is 12.4 Å². The van der Waals surface area contributed by atoms with Gasteiger partial charge in [-0.1, -0.05) is 84.9 Å². The van der Waals surface area contributed by atoms with Crippen LogP contribution in [-0.2, 0) is 46.7 Å². The zero-order valence-corrected chi connectivity index (χ0v) is 23.8. The first kappa shape index (κ1) is 30.6. The lowest BCUT2D eigenvalue weighted by atomic mass is 9.98. The van der Waals surface area contributed by atoms with Crippen molar-refractivity contribution in [2.24, 2.45) is 0 Å². The molecule has 41 heavy (non-hydrogen) atoms. The smallest absolute Gasteiger partial charge is 0.206 e. The van der Waals surface area contributed by atoms with Crippen LogP contribution in [0.3, 0.4) is 0 Å². The molecule has 0 bridgehead atoms. The van der Waals surface area contributed by atoms with Crippen molar-refractivity contribution in [1.82, 2.24) is 0 Å². The van der Waals surface area contributed by atoms with Crippen molar-refractivity contribution in [2.75, 3.05) is 13.7 Å². The molecule has 0 amide bonds. The fraction of sp³-hybridized carbons (Fsp3) is 0.312. The molecule has 1 aliphatic heterocycles. The van der Waals surface area contributed by atoms with E-state index in [1.54, 1.807) is 18.2 Å². The molecule has 0 aliphatic carbocycles. The molecule has 5 atom stereocenters. The number of ether oxygens (including phenoxy) is 5. The molecule has 1 saturated heterocycles. The highest BCUT2D eigenvalue weighted by molar-refractivity contribution is 7.95. The van der Waals surface area contributed by atoms with E-state index in [-0.39, 0.29) is 29.4 Å². The number of aliphatic hydroxyl groups excluding tert-OH is 1. The van der Waals surface area contributed by atoms with Crippen molar-refractivity contribution in [3.05, 3.63) is 126 Å². The molecule has 218 valence electrons. The fourth-order valence-electron chi connectivity index (χ4n) is 4.55. The summed E-state index contributed by atoms with van der Waals surface area (Å²) in [6.07, 6.45) is -1.53. The molecule has 0 unspecified atom stereocenters. The summed E-state index contributed by atoms with van der Waals surface area (Å²) in [5, 5.41) is 10.3. The third kappa shape index (κ3) is 7.91. The van der Waals surface area contributed by atoms with Crippen LogP contribution in [0, 0.1) is 0 Å². The summed E-state index contributed by atoms with van der Waals surface area (Å²) in [5.41, 5.74) is 1.86. The van der Waals surface area contributed by atoms with Crippen LogP contribution in [-0.4, -0.2) is 57.9 Å². The second kappa shape index (κ2) is 15.1. The predicted molar refractivity (Wildman–Crippen MR) is 154 cm³/mol. The highest BCUT2D eigenvalue weighted by Crippen LogP contribution is 2.31. The quantitative estimate of drug-likeness (QED) is 0.215. The lowest BCUT2D eigenvalue weighted by Crippen LogP contribution is -2.61. The minimum Gasteiger partial charge on any atom is -0.491 e. The van der Waals surface area contributed by atoms with Gasteiger partial charge in [-0.3, -0.25) is 0 Å². The Morgan fingerprint density at radius 2 is 1.39 bits per heavy atom. The standard InChI is InChI=1S/C32H36O8S/c1-3-13-27(41(34,35)26-18-11-6-12-19-26)23-39-29-28(20-33)40-32(36-2)31(38-22-25-16-9-5-10-17-25)30(29)37-21-24-14-7-4-8-15-24/h3-12,14-19,23,28-33H,1,13,20-22H2,2H3/b27-23+/t28-,29-,30+,31-,32+/m1/s1. The van der Waals surface area contributed by atoms with Crippen LogP contribution in [0.5, 0.6) is 0 Å².